The molecule has 0 fully saturated rings. The van der Waals surface area contributed by atoms with Gasteiger partial charge in [0.2, 0.25) is 10.0 Å². The number of carbonyl (C=O) groups is 1. The maximum Gasteiger partial charge on any atom is 0.335 e. The van der Waals surface area contributed by atoms with Crippen LogP contribution in [-0.4, -0.2) is 39.8 Å². The minimum atomic E-state index is -3.71. The molecule has 0 radical (unpaired) electrons. The number of sulfonamides is 1. The molecule has 0 saturated heterocycles. The van der Waals surface area contributed by atoms with E-state index in [1.807, 2.05) is 0 Å². The van der Waals surface area contributed by atoms with Crippen LogP contribution in [0.1, 0.15) is 15.9 Å². The molecule has 0 heterocycles. The topological polar surface area (TPSA) is 92.7 Å². The van der Waals surface area contributed by atoms with Gasteiger partial charge in [0.05, 0.1) is 17.1 Å². The molecule has 0 aliphatic heterocycles. The van der Waals surface area contributed by atoms with Gasteiger partial charge in [-0.15, -0.1) is 0 Å². The lowest BCUT2D eigenvalue weighted by atomic mass is 10.1. The smallest absolute Gasteiger partial charge is 0.335 e. The normalized spacial score (nSPS) is 11.4. The summed E-state index contributed by atoms with van der Waals surface area (Å²) in [4.78, 5) is 10.9. The van der Waals surface area contributed by atoms with Crippen LogP contribution in [0.25, 0.3) is 0 Å². The van der Waals surface area contributed by atoms with Crippen molar-refractivity contribution in [2.75, 3.05) is 20.3 Å². The van der Waals surface area contributed by atoms with Gasteiger partial charge in [0.25, 0.3) is 0 Å². The number of rotatable bonds is 6. The van der Waals surface area contributed by atoms with Gasteiger partial charge in [-0.2, -0.15) is 0 Å². The SMILES string of the molecule is COCCNS(=O)(=O)c1cccc(C(=O)O)c1C. The number of hydrogen-bond acceptors (Lipinski definition) is 4. The van der Waals surface area contributed by atoms with Gasteiger partial charge in [0, 0.05) is 13.7 Å². The summed E-state index contributed by atoms with van der Waals surface area (Å²) in [6.45, 7) is 1.85. The number of nitrogens with one attached hydrogen (secondary N) is 1. The number of methoxy groups -OCH3 is 1. The molecule has 0 aliphatic carbocycles. The molecule has 0 aliphatic rings. The van der Waals surface area contributed by atoms with E-state index in [0.29, 0.717) is 0 Å². The Morgan fingerprint density at radius 3 is 2.67 bits per heavy atom. The standard InChI is InChI=1S/C11H15NO5S/c1-8-9(11(13)14)4-3-5-10(8)18(15,16)12-6-7-17-2/h3-5,12H,6-7H2,1-2H3,(H,13,14). The van der Waals surface area contributed by atoms with Crippen molar-refractivity contribution in [2.45, 2.75) is 11.8 Å². The fourth-order valence-corrected chi connectivity index (χ4v) is 2.77. The zero-order valence-electron chi connectivity index (χ0n) is 10.1. The zero-order valence-corrected chi connectivity index (χ0v) is 11.0. The average molecular weight is 273 g/mol. The second-order valence-corrected chi connectivity index (χ2v) is 5.36. The molecule has 0 aromatic heterocycles. The summed E-state index contributed by atoms with van der Waals surface area (Å²) in [5.74, 6) is -1.15. The van der Waals surface area contributed by atoms with Crippen molar-refractivity contribution < 1.29 is 23.1 Å². The lowest BCUT2D eigenvalue weighted by Gasteiger charge is -2.10. The van der Waals surface area contributed by atoms with Gasteiger partial charge in [0.1, 0.15) is 0 Å². The molecule has 18 heavy (non-hydrogen) atoms. The molecule has 2 N–H and O–H groups in total. The van der Waals surface area contributed by atoms with Crippen LogP contribution in [0.3, 0.4) is 0 Å². The third-order valence-electron chi connectivity index (χ3n) is 2.40. The largest absolute Gasteiger partial charge is 0.478 e. The van der Waals surface area contributed by atoms with Crippen LogP contribution in [0.2, 0.25) is 0 Å². The highest BCUT2D eigenvalue weighted by atomic mass is 32.2. The minimum Gasteiger partial charge on any atom is -0.478 e. The minimum absolute atomic E-state index is 0.0235. The van der Waals surface area contributed by atoms with E-state index in [-0.39, 0.29) is 29.2 Å². The summed E-state index contributed by atoms with van der Waals surface area (Å²) in [6.07, 6.45) is 0. The Hall–Kier alpha value is -1.44. The van der Waals surface area contributed by atoms with Gasteiger partial charge in [-0.3, -0.25) is 0 Å². The molecule has 7 heteroatoms. The number of ether oxygens (including phenoxy) is 1. The van der Waals surface area contributed by atoms with Crippen LogP contribution < -0.4 is 4.72 Å². The maximum atomic E-state index is 11.9. The average Bonchev–Trinajstić information content (AvgIpc) is 2.28. The Kier molecular flexibility index (Phi) is 4.83. The number of hydrogen-bond donors (Lipinski definition) is 2. The highest BCUT2D eigenvalue weighted by Crippen LogP contribution is 2.18. The highest BCUT2D eigenvalue weighted by molar-refractivity contribution is 7.89. The second-order valence-electron chi connectivity index (χ2n) is 3.62. The molecule has 0 atom stereocenters. The van der Waals surface area contributed by atoms with E-state index in [2.05, 4.69) is 4.72 Å². The van der Waals surface area contributed by atoms with E-state index in [4.69, 9.17) is 9.84 Å². The van der Waals surface area contributed by atoms with Crippen molar-refractivity contribution in [3.8, 4) is 0 Å². The number of carboxylic acids is 1. The number of aromatic carboxylic acids is 1. The van der Waals surface area contributed by atoms with Gasteiger partial charge in [0.15, 0.2) is 0 Å². The molecule has 0 unspecified atom stereocenters. The van der Waals surface area contributed by atoms with Crippen molar-refractivity contribution in [3.05, 3.63) is 29.3 Å². The first-order valence-electron chi connectivity index (χ1n) is 5.21. The summed E-state index contributed by atoms with van der Waals surface area (Å²) in [6, 6.07) is 4.14. The summed E-state index contributed by atoms with van der Waals surface area (Å²) in [5.41, 5.74) is 0.194. The summed E-state index contributed by atoms with van der Waals surface area (Å²) < 4.78 is 31.0. The van der Waals surface area contributed by atoms with E-state index < -0.39 is 16.0 Å². The van der Waals surface area contributed by atoms with Crippen molar-refractivity contribution in [3.63, 3.8) is 0 Å². The highest BCUT2D eigenvalue weighted by Gasteiger charge is 2.19. The van der Waals surface area contributed by atoms with Gasteiger partial charge in [-0.25, -0.2) is 17.9 Å². The molecule has 0 amide bonds. The zero-order chi connectivity index (χ0) is 13.8. The Bertz CT molecular complexity index is 538. The number of carboxylic acid groups (broad SMARTS) is 1. The molecule has 1 rings (SSSR count). The molecule has 0 spiro atoms. The Morgan fingerprint density at radius 2 is 2.11 bits per heavy atom. The van der Waals surface area contributed by atoms with Crippen LogP contribution in [0, 0.1) is 6.92 Å². The second kappa shape index (κ2) is 5.94. The fraction of sp³-hybridized carbons (Fsp3) is 0.364. The van der Waals surface area contributed by atoms with Gasteiger partial charge in [-0.05, 0) is 24.6 Å². The predicted octanol–water partition coefficient (Wildman–Crippen LogP) is 0.618. The fourth-order valence-electron chi connectivity index (χ4n) is 1.49. The lowest BCUT2D eigenvalue weighted by molar-refractivity contribution is 0.0696. The van der Waals surface area contributed by atoms with Crippen molar-refractivity contribution >= 4 is 16.0 Å². The van der Waals surface area contributed by atoms with Gasteiger partial charge < -0.3 is 9.84 Å². The molecule has 6 nitrogen and oxygen atoms in total. The Morgan fingerprint density at radius 1 is 1.44 bits per heavy atom. The third kappa shape index (κ3) is 3.28. The number of benzene rings is 1. The van der Waals surface area contributed by atoms with E-state index in [9.17, 15) is 13.2 Å². The predicted molar refractivity (Wildman–Crippen MR) is 65.2 cm³/mol. The molecule has 0 saturated carbocycles. The molecule has 1 aromatic carbocycles. The van der Waals surface area contributed by atoms with Crippen LogP contribution >= 0.6 is 0 Å². The van der Waals surface area contributed by atoms with Crippen LogP contribution in [0.15, 0.2) is 23.1 Å². The third-order valence-corrected chi connectivity index (χ3v) is 4.01. The first-order valence-corrected chi connectivity index (χ1v) is 6.70. The molecule has 0 bridgehead atoms. The Labute approximate surface area is 106 Å². The maximum absolute atomic E-state index is 11.9. The van der Waals surface area contributed by atoms with Gasteiger partial charge in [-0.1, -0.05) is 6.07 Å². The first kappa shape index (κ1) is 14.6. The summed E-state index contributed by atoms with van der Waals surface area (Å²) in [7, 11) is -2.25. The van der Waals surface area contributed by atoms with E-state index in [0.717, 1.165) is 0 Å². The summed E-state index contributed by atoms with van der Waals surface area (Å²) >= 11 is 0. The van der Waals surface area contributed by atoms with Crippen molar-refractivity contribution in [2.24, 2.45) is 0 Å². The van der Waals surface area contributed by atoms with E-state index >= 15 is 0 Å². The Balaban J connectivity index is 3.09. The molecular weight excluding hydrogens is 258 g/mol. The quantitative estimate of drug-likeness (QED) is 0.741. The van der Waals surface area contributed by atoms with E-state index in [1.54, 1.807) is 0 Å². The van der Waals surface area contributed by atoms with E-state index in [1.165, 1.54) is 32.2 Å². The van der Waals surface area contributed by atoms with Crippen molar-refractivity contribution in [1.29, 1.82) is 0 Å². The first-order chi connectivity index (χ1) is 8.40. The summed E-state index contributed by atoms with van der Waals surface area (Å²) in [5, 5.41) is 8.93. The van der Waals surface area contributed by atoms with Crippen LogP contribution in [0.5, 0.6) is 0 Å². The van der Waals surface area contributed by atoms with Crippen LogP contribution in [0.4, 0.5) is 0 Å². The lowest BCUT2D eigenvalue weighted by Crippen LogP contribution is -2.28. The molecular formula is C11H15NO5S. The van der Waals surface area contributed by atoms with Crippen LogP contribution in [-0.2, 0) is 14.8 Å². The molecule has 100 valence electrons. The monoisotopic (exact) mass is 273 g/mol. The van der Waals surface area contributed by atoms with Crippen molar-refractivity contribution in [1.82, 2.24) is 4.72 Å². The molecule has 1 aromatic rings. The van der Waals surface area contributed by atoms with Gasteiger partial charge >= 0.3 is 5.97 Å².